The quantitative estimate of drug-likeness (QED) is 0.156. The van der Waals surface area contributed by atoms with E-state index < -0.39 is 33.7 Å². The molecule has 0 saturated heterocycles. The van der Waals surface area contributed by atoms with Crippen LogP contribution in [0.4, 0.5) is 0 Å². The molecule has 0 aliphatic carbocycles. The minimum absolute atomic E-state index is 0. The summed E-state index contributed by atoms with van der Waals surface area (Å²) < 4.78 is 34.2. The summed E-state index contributed by atoms with van der Waals surface area (Å²) in [6.07, 6.45) is 9.50. The third-order valence-corrected chi connectivity index (χ3v) is 5.35. The van der Waals surface area contributed by atoms with Gasteiger partial charge in [0, 0.05) is 0 Å². The van der Waals surface area contributed by atoms with E-state index in [1.54, 1.807) is 6.61 Å². The van der Waals surface area contributed by atoms with Gasteiger partial charge >= 0.3 is 63.3 Å². The zero-order chi connectivity index (χ0) is 23.0. The second-order valence-corrected chi connectivity index (χ2v) is 8.37. The van der Waals surface area contributed by atoms with Crippen molar-refractivity contribution in [2.24, 2.45) is 0 Å². The van der Waals surface area contributed by atoms with Crippen LogP contribution in [0.15, 0.2) is 24.3 Å². The van der Waals surface area contributed by atoms with Crippen LogP contribution in [0.5, 0.6) is 5.75 Å². The third-order valence-electron chi connectivity index (χ3n) is 4.26. The van der Waals surface area contributed by atoms with Crippen LogP contribution in [0.25, 0.3) is 0 Å². The summed E-state index contributed by atoms with van der Waals surface area (Å²) in [5.74, 6) is -2.48. The molecule has 0 spiro atoms. The van der Waals surface area contributed by atoms with Crippen molar-refractivity contribution in [2.45, 2.75) is 76.9 Å². The molecule has 0 saturated carbocycles. The van der Waals surface area contributed by atoms with E-state index in [2.05, 4.69) is 25.1 Å². The van der Waals surface area contributed by atoms with Crippen molar-refractivity contribution >= 4 is 22.1 Å². The number of benzene rings is 1. The predicted molar refractivity (Wildman–Crippen MR) is 114 cm³/mol. The summed E-state index contributed by atoms with van der Waals surface area (Å²) >= 11 is 0. The molecule has 0 heterocycles. The Kier molecular flexibility index (Phi) is 20.1. The minimum Gasteiger partial charge on any atom is -0.662 e. The average molecular weight is 485 g/mol. The predicted octanol–water partition coefficient (Wildman–Crippen LogP) is 1.35. The van der Waals surface area contributed by atoms with E-state index in [-0.39, 0.29) is 51.4 Å². The zero-order valence-electron chi connectivity index (χ0n) is 18.6. The largest absolute Gasteiger partial charge is 1.00 e. The zero-order valence-corrected chi connectivity index (χ0v) is 22.6. The van der Waals surface area contributed by atoms with Gasteiger partial charge in [0.25, 0.3) is 10.1 Å². The fourth-order valence-electron chi connectivity index (χ4n) is 2.70. The van der Waals surface area contributed by atoms with Gasteiger partial charge < -0.3 is 14.9 Å². The van der Waals surface area contributed by atoms with Crippen LogP contribution in [0.3, 0.4) is 0 Å². The van der Waals surface area contributed by atoms with E-state index in [0.717, 1.165) is 12.2 Å². The molecule has 31 heavy (non-hydrogen) atoms. The van der Waals surface area contributed by atoms with E-state index >= 15 is 0 Å². The molecule has 0 aromatic heterocycles. The van der Waals surface area contributed by atoms with E-state index in [1.807, 2.05) is 13.0 Å². The Hall–Kier alpha value is -0.494. The smallest absolute Gasteiger partial charge is 0.662 e. The second kappa shape index (κ2) is 19.0. The summed E-state index contributed by atoms with van der Waals surface area (Å²) in [6.45, 7) is 5.94. The van der Waals surface area contributed by atoms with Crippen LogP contribution in [0, 0.1) is 6.61 Å². The molecule has 172 valence electrons. The molecule has 8 nitrogen and oxygen atoms in total. The van der Waals surface area contributed by atoms with Gasteiger partial charge in [-0.15, -0.1) is 0 Å². The topological polar surface area (TPSA) is 138 Å². The van der Waals surface area contributed by atoms with Crippen LogP contribution >= 0.6 is 0 Å². The molecule has 1 rings (SSSR count). The van der Waals surface area contributed by atoms with Gasteiger partial charge in [0.05, 0.1) is 12.2 Å². The van der Waals surface area contributed by atoms with E-state index in [1.165, 1.54) is 50.5 Å². The summed E-state index contributed by atoms with van der Waals surface area (Å²) in [7, 11) is -4.84. The first-order chi connectivity index (χ1) is 14.1. The number of carbonyl (C=O) groups is 2. The van der Waals surface area contributed by atoms with E-state index in [0.29, 0.717) is 0 Å². The second-order valence-electron chi connectivity index (χ2n) is 6.77. The molecule has 0 amide bonds. The Morgan fingerprint density at radius 2 is 1.58 bits per heavy atom. The van der Waals surface area contributed by atoms with Crippen molar-refractivity contribution in [3.63, 3.8) is 0 Å². The Bertz CT molecular complexity index is 737. The number of unbranched alkanes of at least 4 members (excludes halogenated alkanes) is 6. The maximum atomic E-state index is 10.2. The Morgan fingerprint density at radius 3 is 2.03 bits per heavy atom. The summed E-state index contributed by atoms with van der Waals surface area (Å²) in [5.41, 5.74) is 1.34. The molecule has 10 heteroatoms. The molecule has 0 aliphatic rings. The maximum absolute atomic E-state index is 10.2. The molecule has 0 radical (unpaired) electrons. The number of para-hydroxylation sites is 1. The van der Waals surface area contributed by atoms with Crippen molar-refractivity contribution < 1.29 is 88.9 Å². The van der Waals surface area contributed by atoms with Crippen molar-refractivity contribution in [2.75, 3.05) is 0 Å². The molecular weight excluding hydrogens is 451 g/mol. The number of carboxylic acids is 2. The monoisotopic (exact) mass is 484 g/mol. The molecular formula is C21H33KO8S. The van der Waals surface area contributed by atoms with E-state index in [9.17, 15) is 18.0 Å². The molecule has 1 unspecified atom stereocenters. The van der Waals surface area contributed by atoms with Crippen molar-refractivity contribution in [3.8, 4) is 5.75 Å². The SMILES string of the molecule is C[CH-]Oc1ccccc1CCCCCCCCC.O=C(O)CC(C(=O)O)S(=O)(=O)O.[K+]. The number of aliphatic carboxylic acids is 2. The van der Waals surface area contributed by atoms with Gasteiger partial charge in [-0.05, 0) is 24.5 Å². The summed E-state index contributed by atoms with van der Waals surface area (Å²) in [5, 5.41) is 13.9. The number of aryl methyl sites for hydroxylation is 1. The number of carboxylic acid groups (broad SMARTS) is 2. The van der Waals surface area contributed by atoms with Gasteiger partial charge in [-0.2, -0.15) is 21.9 Å². The van der Waals surface area contributed by atoms with Crippen LogP contribution in [0.1, 0.15) is 70.8 Å². The minimum atomic E-state index is -4.84. The molecule has 3 N–H and O–H groups in total. The average Bonchev–Trinajstić information content (AvgIpc) is 2.66. The van der Waals surface area contributed by atoms with Crippen molar-refractivity contribution in [1.82, 2.24) is 0 Å². The number of hydrogen-bond donors (Lipinski definition) is 3. The summed E-state index contributed by atoms with van der Waals surface area (Å²) in [4.78, 5) is 20.0. The van der Waals surface area contributed by atoms with Gasteiger partial charge in [-0.25, -0.2) is 0 Å². The van der Waals surface area contributed by atoms with Crippen LogP contribution in [-0.4, -0.2) is 40.4 Å². The third kappa shape index (κ3) is 16.8. The van der Waals surface area contributed by atoms with Gasteiger partial charge in [0.15, 0.2) is 5.25 Å². The number of rotatable bonds is 14. The number of hydrogen-bond acceptors (Lipinski definition) is 5. The van der Waals surface area contributed by atoms with Crippen LogP contribution < -0.4 is 56.1 Å². The van der Waals surface area contributed by atoms with Crippen LogP contribution in [0.2, 0.25) is 0 Å². The molecule has 1 aromatic carbocycles. The normalized spacial score (nSPS) is 11.5. The summed E-state index contributed by atoms with van der Waals surface area (Å²) in [6, 6.07) is 8.36. The van der Waals surface area contributed by atoms with E-state index in [4.69, 9.17) is 19.5 Å². The van der Waals surface area contributed by atoms with Crippen molar-refractivity contribution in [3.05, 3.63) is 36.4 Å². The van der Waals surface area contributed by atoms with Gasteiger partial charge in [-0.3, -0.25) is 14.1 Å². The molecule has 1 aromatic rings. The Morgan fingerprint density at radius 1 is 1.03 bits per heavy atom. The fourth-order valence-corrected chi connectivity index (χ4v) is 3.31. The Balaban J connectivity index is 0. The first-order valence-corrected chi connectivity index (χ1v) is 11.6. The molecule has 0 bridgehead atoms. The fraction of sp³-hybridized carbons (Fsp3) is 0.571. The molecule has 0 fully saturated rings. The standard InChI is InChI=1S/C17H27O.C4H6O7S.K/c1-3-5-6-7-8-9-10-13-16-14-11-12-15-17(16)18-4-2;5-3(6)1-2(4(7)8)12(9,10)11;/h4,11-12,14-15H,3,5-10,13H2,1-2H3;2H,1H2,(H,5,6)(H,7,8)(H,9,10,11);/q-1;;+1. The van der Waals surface area contributed by atoms with Gasteiger partial charge in [-0.1, -0.05) is 63.6 Å². The molecule has 0 aliphatic heterocycles. The first kappa shape index (κ1) is 32.7. The van der Waals surface area contributed by atoms with Gasteiger partial charge in [0.1, 0.15) is 0 Å². The first-order valence-electron chi connectivity index (χ1n) is 10.1. The maximum Gasteiger partial charge on any atom is 1.00 e. The number of ether oxygens (including phenoxy) is 1. The van der Waals surface area contributed by atoms with Crippen LogP contribution in [-0.2, 0) is 26.1 Å². The van der Waals surface area contributed by atoms with Crippen molar-refractivity contribution in [1.29, 1.82) is 0 Å². The Labute approximate surface area is 227 Å². The van der Waals surface area contributed by atoms with Gasteiger partial charge in [0.2, 0.25) is 0 Å². The molecule has 1 atom stereocenters.